The second-order valence-corrected chi connectivity index (χ2v) is 7.10. The molecule has 1 aromatic heterocycles. The molecule has 0 unspecified atom stereocenters. The third-order valence-electron chi connectivity index (χ3n) is 4.14. The molecule has 0 radical (unpaired) electrons. The first-order valence-corrected chi connectivity index (χ1v) is 9.52. The van der Waals surface area contributed by atoms with Gasteiger partial charge in [0.2, 0.25) is 0 Å². The molecule has 0 aliphatic rings. The lowest BCUT2D eigenvalue weighted by Crippen LogP contribution is -2.18. The average molecular weight is 389 g/mol. The summed E-state index contributed by atoms with van der Waals surface area (Å²) < 4.78 is 10.7. The number of ether oxygens (including phenoxy) is 2. The smallest absolute Gasteiger partial charge is 0.161 e. The Bertz CT molecular complexity index is 882. The van der Waals surface area contributed by atoms with Gasteiger partial charge in [0, 0.05) is 28.6 Å². The van der Waals surface area contributed by atoms with Crippen LogP contribution in [0.4, 0.5) is 0 Å². The SMILES string of the molecule is COc1ccc(-c2nc(CN[C@@H](C)c3ccccc3Cl)cs2)cc1OC. The van der Waals surface area contributed by atoms with Crippen LogP contribution in [-0.2, 0) is 6.54 Å². The lowest BCUT2D eigenvalue weighted by atomic mass is 10.1. The fourth-order valence-corrected chi connectivity index (χ4v) is 3.80. The van der Waals surface area contributed by atoms with Gasteiger partial charge in [-0.15, -0.1) is 11.3 Å². The van der Waals surface area contributed by atoms with Gasteiger partial charge < -0.3 is 14.8 Å². The van der Waals surface area contributed by atoms with Crippen molar-refractivity contribution < 1.29 is 9.47 Å². The monoisotopic (exact) mass is 388 g/mol. The van der Waals surface area contributed by atoms with Crippen LogP contribution in [0.5, 0.6) is 11.5 Å². The van der Waals surface area contributed by atoms with Crippen LogP contribution in [0.2, 0.25) is 5.02 Å². The van der Waals surface area contributed by atoms with E-state index in [4.69, 9.17) is 26.1 Å². The zero-order chi connectivity index (χ0) is 18.5. The minimum Gasteiger partial charge on any atom is -0.493 e. The molecular weight excluding hydrogens is 368 g/mol. The molecule has 1 atom stereocenters. The van der Waals surface area contributed by atoms with Crippen molar-refractivity contribution in [3.63, 3.8) is 0 Å². The zero-order valence-electron chi connectivity index (χ0n) is 15.0. The lowest BCUT2D eigenvalue weighted by Gasteiger charge is -2.14. The molecule has 1 heterocycles. The summed E-state index contributed by atoms with van der Waals surface area (Å²) >= 11 is 7.87. The van der Waals surface area contributed by atoms with Gasteiger partial charge in [-0.1, -0.05) is 29.8 Å². The Hall–Kier alpha value is -2.08. The molecular formula is C20H21ClN2O2S. The topological polar surface area (TPSA) is 43.4 Å². The van der Waals surface area contributed by atoms with Gasteiger partial charge in [-0.2, -0.15) is 0 Å². The second kappa shape index (κ2) is 8.54. The number of hydrogen-bond acceptors (Lipinski definition) is 5. The van der Waals surface area contributed by atoms with Crippen LogP contribution in [0.1, 0.15) is 24.2 Å². The first kappa shape index (κ1) is 18.7. The Balaban J connectivity index is 1.69. The maximum atomic E-state index is 6.26. The van der Waals surface area contributed by atoms with E-state index in [1.807, 2.05) is 42.5 Å². The normalized spacial score (nSPS) is 12.0. The van der Waals surface area contributed by atoms with Gasteiger partial charge in [-0.3, -0.25) is 0 Å². The Morgan fingerprint density at radius 3 is 2.62 bits per heavy atom. The summed E-state index contributed by atoms with van der Waals surface area (Å²) in [4.78, 5) is 4.73. The van der Waals surface area contributed by atoms with E-state index in [9.17, 15) is 0 Å². The number of aromatic nitrogens is 1. The van der Waals surface area contributed by atoms with E-state index in [0.29, 0.717) is 18.0 Å². The van der Waals surface area contributed by atoms with Crippen LogP contribution >= 0.6 is 22.9 Å². The molecule has 0 fully saturated rings. The summed E-state index contributed by atoms with van der Waals surface area (Å²) in [6, 6.07) is 13.9. The third-order valence-corrected chi connectivity index (χ3v) is 5.43. The minimum atomic E-state index is 0.148. The van der Waals surface area contributed by atoms with E-state index >= 15 is 0 Å². The number of thiazole rings is 1. The van der Waals surface area contributed by atoms with Crippen molar-refractivity contribution in [1.82, 2.24) is 10.3 Å². The molecule has 4 nitrogen and oxygen atoms in total. The van der Waals surface area contributed by atoms with Gasteiger partial charge in [-0.25, -0.2) is 4.98 Å². The van der Waals surface area contributed by atoms with Crippen LogP contribution in [0, 0.1) is 0 Å². The zero-order valence-corrected chi connectivity index (χ0v) is 16.5. The Kier molecular flexibility index (Phi) is 6.14. The Morgan fingerprint density at radius 2 is 1.88 bits per heavy atom. The summed E-state index contributed by atoms with van der Waals surface area (Å²) in [5.74, 6) is 1.41. The summed E-state index contributed by atoms with van der Waals surface area (Å²) in [5, 5.41) is 7.27. The molecule has 1 N–H and O–H groups in total. The maximum absolute atomic E-state index is 6.26. The van der Waals surface area contributed by atoms with E-state index in [2.05, 4.69) is 17.6 Å². The van der Waals surface area contributed by atoms with Gasteiger partial charge in [0.1, 0.15) is 5.01 Å². The molecule has 0 aliphatic heterocycles. The number of methoxy groups -OCH3 is 2. The van der Waals surface area contributed by atoms with E-state index < -0.39 is 0 Å². The highest BCUT2D eigenvalue weighted by atomic mass is 35.5. The summed E-state index contributed by atoms with van der Waals surface area (Å²) in [7, 11) is 3.26. The van der Waals surface area contributed by atoms with Crippen molar-refractivity contribution in [2.75, 3.05) is 14.2 Å². The molecule has 0 saturated carbocycles. The molecule has 0 bridgehead atoms. The van der Waals surface area contributed by atoms with Gasteiger partial charge in [0.25, 0.3) is 0 Å². The molecule has 0 aliphatic carbocycles. The first-order valence-electron chi connectivity index (χ1n) is 8.27. The highest BCUT2D eigenvalue weighted by Gasteiger charge is 2.12. The van der Waals surface area contributed by atoms with Crippen LogP contribution in [-0.4, -0.2) is 19.2 Å². The summed E-state index contributed by atoms with van der Waals surface area (Å²) in [6.07, 6.45) is 0. The largest absolute Gasteiger partial charge is 0.493 e. The highest BCUT2D eigenvalue weighted by Crippen LogP contribution is 2.33. The van der Waals surface area contributed by atoms with Gasteiger partial charge in [0.05, 0.1) is 19.9 Å². The second-order valence-electron chi connectivity index (χ2n) is 5.84. The van der Waals surface area contributed by atoms with Crippen LogP contribution in [0.3, 0.4) is 0 Å². The van der Waals surface area contributed by atoms with Crippen molar-refractivity contribution in [2.24, 2.45) is 0 Å². The molecule has 136 valence electrons. The molecule has 26 heavy (non-hydrogen) atoms. The van der Waals surface area contributed by atoms with Crippen molar-refractivity contribution >= 4 is 22.9 Å². The molecule has 0 spiro atoms. The fraction of sp³-hybridized carbons (Fsp3) is 0.250. The lowest BCUT2D eigenvalue weighted by molar-refractivity contribution is 0.355. The first-order chi connectivity index (χ1) is 12.6. The molecule has 2 aromatic carbocycles. The number of hydrogen-bond donors (Lipinski definition) is 1. The Morgan fingerprint density at radius 1 is 1.12 bits per heavy atom. The fourth-order valence-electron chi connectivity index (χ4n) is 2.68. The van der Waals surface area contributed by atoms with Crippen LogP contribution < -0.4 is 14.8 Å². The van der Waals surface area contributed by atoms with Crippen molar-refractivity contribution in [1.29, 1.82) is 0 Å². The standard InChI is InChI=1S/C20H21ClN2O2S/c1-13(16-6-4-5-7-17(16)21)22-11-15-12-26-20(23-15)14-8-9-18(24-2)19(10-14)25-3/h4-10,12-13,22H,11H2,1-3H3/t13-/m0/s1. The van der Waals surface area contributed by atoms with Crippen molar-refractivity contribution in [3.05, 3.63) is 64.1 Å². The number of benzene rings is 2. The van der Waals surface area contributed by atoms with Gasteiger partial charge >= 0.3 is 0 Å². The maximum Gasteiger partial charge on any atom is 0.161 e. The van der Waals surface area contributed by atoms with E-state index in [1.165, 1.54) is 0 Å². The highest BCUT2D eigenvalue weighted by molar-refractivity contribution is 7.13. The summed E-state index contributed by atoms with van der Waals surface area (Å²) in [5.41, 5.74) is 3.10. The molecule has 6 heteroatoms. The van der Waals surface area contributed by atoms with Gasteiger partial charge in [-0.05, 0) is 36.8 Å². The molecule has 0 amide bonds. The average Bonchev–Trinajstić information content (AvgIpc) is 3.15. The number of nitrogens with zero attached hydrogens (tertiary/aromatic N) is 1. The van der Waals surface area contributed by atoms with Gasteiger partial charge in [0.15, 0.2) is 11.5 Å². The minimum absolute atomic E-state index is 0.148. The van der Waals surface area contributed by atoms with E-state index in [0.717, 1.165) is 26.9 Å². The van der Waals surface area contributed by atoms with Crippen molar-refractivity contribution in [2.45, 2.75) is 19.5 Å². The number of halogens is 1. The summed E-state index contributed by atoms with van der Waals surface area (Å²) in [6.45, 7) is 2.78. The predicted octanol–water partition coefficient (Wildman–Crippen LogP) is 5.33. The predicted molar refractivity (Wildman–Crippen MR) is 107 cm³/mol. The number of rotatable bonds is 7. The third kappa shape index (κ3) is 4.18. The van der Waals surface area contributed by atoms with Crippen molar-refractivity contribution in [3.8, 4) is 22.1 Å². The molecule has 3 rings (SSSR count). The van der Waals surface area contributed by atoms with Crippen LogP contribution in [0.25, 0.3) is 10.6 Å². The number of nitrogens with one attached hydrogen (secondary N) is 1. The van der Waals surface area contributed by atoms with E-state index in [-0.39, 0.29) is 6.04 Å². The van der Waals surface area contributed by atoms with E-state index in [1.54, 1.807) is 25.6 Å². The Labute approximate surface area is 162 Å². The quantitative estimate of drug-likeness (QED) is 0.594. The molecule has 0 saturated heterocycles. The van der Waals surface area contributed by atoms with Crippen LogP contribution in [0.15, 0.2) is 47.8 Å². The molecule has 3 aromatic rings.